The molecule has 0 bridgehead atoms. The monoisotopic (exact) mass is 1100 g/mol. The van der Waals surface area contributed by atoms with E-state index in [1.165, 1.54) is 257 Å². The Kier molecular flexibility index (Phi) is 63.6. The van der Waals surface area contributed by atoms with Crippen molar-refractivity contribution in [3.8, 4) is 0 Å². The van der Waals surface area contributed by atoms with Crippen molar-refractivity contribution in [1.82, 2.24) is 0 Å². The SMILES string of the molecule is CCCCCCCCCCCC(=O)C(CCCCCCCCCCCOOCCCCCCCCCCCC(C(=O)CCCCCCCCCCC)C(=O)CCCCCCCCCCC)C(=O)CCCCCCCCCCC. The zero-order chi connectivity index (χ0) is 56.7. The van der Waals surface area contributed by atoms with Crippen LogP contribution in [0.25, 0.3) is 0 Å². The lowest BCUT2D eigenvalue weighted by Crippen LogP contribution is -2.24. The van der Waals surface area contributed by atoms with Gasteiger partial charge in [-0.25, -0.2) is 9.78 Å². The lowest BCUT2D eigenvalue weighted by Gasteiger charge is -2.15. The molecule has 0 N–H and O–H groups in total. The van der Waals surface area contributed by atoms with Gasteiger partial charge in [0.2, 0.25) is 0 Å². The van der Waals surface area contributed by atoms with Crippen LogP contribution in [0.2, 0.25) is 0 Å². The number of carbonyl (C=O) groups excluding carboxylic acids is 4. The maximum atomic E-state index is 13.4. The molecular weight excluding hydrogens is 961 g/mol. The van der Waals surface area contributed by atoms with E-state index in [-0.39, 0.29) is 35.0 Å². The Labute approximate surface area is 487 Å². The first-order valence-electron chi connectivity index (χ1n) is 35.8. The molecule has 0 aromatic rings. The predicted molar refractivity (Wildman–Crippen MR) is 339 cm³/mol. The van der Waals surface area contributed by atoms with Crippen LogP contribution in [-0.2, 0) is 29.0 Å². The first kappa shape index (κ1) is 76.6. The van der Waals surface area contributed by atoms with E-state index in [9.17, 15) is 19.2 Å². The van der Waals surface area contributed by atoms with E-state index in [0.29, 0.717) is 38.9 Å². The van der Waals surface area contributed by atoms with Gasteiger partial charge in [-0.05, 0) is 51.4 Å². The number of carbonyl (C=O) groups is 4. The Bertz CT molecular complexity index is 1080. The van der Waals surface area contributed by atoms with Gasteiger partial charge in [-0.15, -0.1) is 0 Å². The van der Waals surface area contributed by atoms with Crippen LogP contribution in [-0.4, -0.2) is 36.3 Å². The van der Waals surface area contributed by atoms with Crippen molar-refractivity contribution in [3.05, 3.63) is 0 Å². The molecule has 0 aliphatic rings. The second kappa shape index (κ2) is 64.8. The molecule has 0 radical (unpaired) electrons. The summed E-state index contributed by atoms with van der Waals surface area (Å²) in [6.07, 6.45) is 70.1. The van der Waals surface area contributed by atoms with E-state index < -0.39 is 0 Å². The van der Waals surface area contributed by atoms with E-state index in [0.717, 1.165) is 103 Å². The van der Waals surface area contributed by atoms with E-state index in [2.05, 4.69) is 27.7 Å². The smallest absolute Gasteiger partial charge is 0.143 e. The molecule has 0 saturated carbocycles. The molecular formula is C72H138O6. The van der Waals surface area contributed by atoms with Crippen LogP contribution in [0.15, 0.2) is 0 Å². The molecule has 6 nitrogen and oxygen atoms in total. The Morgan fingerprint density at radius 3 is 0.551 bits per heavy atom. The highest BCUT2D eigenvalue weighted by Gasteiger charge is 2.26. The van der Waals surface area contributed by atoms with Gasteiger partial charge in [-0.1, -0.05) is 336 Å². The van der Waals surface area contributed by atoms with Gasteiger partial charge >= 0.3 is 0 Å². The molecule has 462 valence electrons. The Morgan fingerprint density at radius 2 is 0.359 bits per heavy atom. The minimum absolute atomic E-state index is 0.238. The van der Waals surface area contributed by atoms with Crippen molar-refractivity contribution in [2.24, 2.45) is 11.8 Å². The molecule has 6 heteroatoms. The molecule has 0 aliphatic carbocycles. The van der Waals surface area contributed by atoms with Crippen LogP contribution in [0.1, 0.15) is 413 Å². The first-order valence-corrected chi connectivity index (χ1v) is 35.8. The number of hydrogen-bond acceptors (Lipinski definition) is 6. The summed E-state index contributed by atoms with van der Waals surface area (Å²) in [5.74, 6) is 0.256. The summed E-state index contributed by atoms with van der Waals surface area (Å²) in [5.41, 5.74) is 0. The van der Waals surface area contributed by atoms with Gasteiger partial charge in [0.15, 0.2) is 0 Å². The average Bonchev–Trinajstić information content (AvgIpc) is 3.44. The van der Waals surface area contributed by atoms with Crippen molar-refractivity contribution in [3.63, 3.8) is 0 Å². The highest BCUT2D eigenvalue weighted by Crippen LogP contribution is 2.24. The maximum absolute atomic E-state index is 13.4. The van der Waals surface area contributed by atoms with Crippen molar-refractivity contribution in [2.75, 3.05) is 13.2 Å². The molecule has 0 heterocycles. The van der Waals surface area contributed by atoms with Crippen molar-refractivity contribution in [2.45, 2.75) is 413 Å². The molecule has 0 atom stereocenters. The number of Topliss-reactive ketones (excluding diaryl/α,β-unsaturated/α-hetero) is 4. The van der Waals surface area contributed by atoms with Gasteiger partial charge in [0, 0.05) is 25.7 Å². The third-order valence-corrected chi connectivity index (χ3v) is 17.2. The molecule has 0 unspecified atom stereocenters. The van der Waals surface area contributed by atoms with Gasteiger partial charge in [-0.3, -0.25) is 19.2 Å². The maximum Gasteiger partial charge on any atom is 0.143 e. The van der Waals surface area contributed by atoms with Crippen LogP contribution >= 0.6 is 0 Å². The van der Waals surface area contributed by atoms with Gasteiger partial charge in [0.1, 0.15) is 23.1 Å². The van der Waals surface area contributed by atoms with Crippen LogP contribution in [0.5, 0.6) is 0 Å². The number of hydrogen-bond donors (Lipinski definition) is 0. The first-order chi connectivity index (χ1) is 38.4. The van der Waals surface area contributed by atoms with Crippen LogP contribution in [0, 0.1) is 11.8 Å². The van der Waals surface area contributed by atoms with E-state index in [1.807, 2.05) is 0 Å². The fourth-order valence-electron chi connectivity index (χ4n) is 11.8. The molecule has 0 rings (SSSR count). The predicted octanol–water partition coefficient (Wildman–Crippen LogP) is 23.9. The third-order valence-electron chi connectivity index (χ3n) is 17.2. The quantitative estimate of drug-likeness (QED) is 0.0261. The minimum atomic E-state index is -0.348. The second-order valence-electron chi connectivity index (χ2n) is 24.9. The normalized spacial score (nSPS) is 11.7. The van der Waals surface area contributed by atoms with Crippen LogP contribution in [0.3, 0.4) is 0 Å². The highest BCUT2D eigenvalue weighted by molar-refractivity contribution is 6.02. The topological polar surface area (TPSA) is 86.7 Å². The zero-order valence-electron chi connectivity index (χ0n) is 53.4. The molecule has 0 saturated heterocycles. The molecule has 0 aromatic carbocycles. The number of unbranched alkanes of at least 4 members (excludes halogenated alkanes) is 48. The van der Waals surface area contributed by atoms with Gasteiger partial charge in [0.25, 0.3) is 0 Å². The van der Waals surface area contributed by atoms with Crippen LogP contribution < -0.4 is 0 Å². The summed E-state index contributed by atoms with van der Waals surface area (Å²) in [7, 11) is 0. The summed E-state index contributed by atoms with van der Waals surface area (Å²) in [4.78, 5) is 64.5. The second-order valence-corrected chi connectivity index (χ2v) is 24.9. The zero-order valence-corrected chi connectivity index (χ0v) is 53.4. The van der Waals surface area contributed by atoms with Gasteiger partial charge in [-0.2, -0.15) is 0 Å². The molecule has 0 spiro atoms. The number of rotatable bonds is 69. The molecule has 78 heavy (non-hydrogen) atoms. The fourth-order valence-corrected chi connectivity index (χ4v) is 11.8. The van der Waals surface area contributed by atoms with Gasteiger partial charge < -0.3 is 0 Å². The molecule has 0 aliphatic heterocycles. The fraction of sp³-hybridized carbons (Fsp3) is 0.944. The highest BCUT2D eigenvalue weighted by atomic mass is 17.2. The average molecular weight is 1100 g/mol. The lowest BCUT2D eigenvalue weighted by atomic mass is 9.87. The summed E-state index contributed by atoms with van der Waals surface area (Å²) in [6.45, 7) is 10.4. The Balaban J connectivity index is 4.12. The minimum Gasteiger partial charge on any atom is -0.299 e. The van der Waals surface area contributed by atoms with Crippen molar-refractivity contribution >= 4 is 23.1 Å². The van der Waals surface area contributed by atoms with E-state index in [1.54, 1.807) is 0 Å². The molecule has 0 fully saturated rings. The summed E-state index contributed by atoms with van der Waals surface area (Å²) in [5, 5.41) is 0. The standard InChI is InChI=1S/C72H138O6/c1-5-9-13-17-21-27-37-45-53-61-69(73)67(70(74)62-54-46-38-28-22-18-14-10-6-2)59-51-43-35-31-25-33-41-49-57-65-77-78-66-58-50-42-34-26-32-36-44-52-60-68(71(75)63-55-47-39-29-23-19-15-11-7-3)72(76)64-56-48-40-30-24-20-16-12-8-4/h67-68H,5-66H2,1-4H3. The Hall–Kier alpha value is -1.40. The van der Waals surface area contributed by atoms with Crippen molar-refractivity contribution in [1.29, 1.82) is 0 Å². The largest absolute Gasteiger partial charge is 0.299 e. The number of ketones is 4. The van der Waals surface area contributed by atoms with Crippen molar-refractivity contribution < 1.29 is 29.0 Å². The summed E-state index contributed by atoms with van der Waals surface area (Å²) >= 11 is 0. The third kappa shape index (κ3) is 55.2. The van der Waals surface area contributed by atoms with Gasteiger partial charge in [0.05, 0.1) is 25.0 Å². The van der Waals surface area contributed by atoms with E-state index in [4.69, 9.17) is 9.78 Å². The Morgan fingerprint density at radius 1 is 0.205 bits per heavy atom. The summed E-state index contributed by atoms with van der Waals surface area (Å²) < 4.78 is 0. The molecule has 0 amide bonds. The summed E-state index contributed by atoms with van der Waals surface area (Å²) in [6, 6.07) is 0. The molecule has 0 aromatic heterocycles. The lowest BCUT2D eigenvalue weighted by molar-refractivity contribution is -0.295. The van der Waals surface area contributed by atoms with E-state index >= 15 is 0 Å². The van der Waals surface area contributed by atoms with Crippen LogP contribution in [0.4, 0.5) is 0 Å².